The van der Waals surface area contributed by atoms with Gasteiger partial charge in [-0.3, -0.25) is 0 Å². The van der Waals surface area contributed by atoms with Crippen LogP contribution in [0.15, 0.2) is 0 Å². The summed E-state index contributed by atoms with van der Waals surface area (Å²) < 4.78 is 4.55. The molecular formula is C3H5ORh-. The summed E-state index contributed by atoms with van der Waals surface area (Å²) in [5, 5.41) is 0. The van der Waals surface area contributed by atoms with Crippen molar-refractivity contribution in [2.75, 3.05) is 6.61 Å². The average molecular weight is 160 g/mol. The fourth-order valence-corrected chi connectivity index (χ4v) is 0.232. The van der Waals surface area contributed by atoms with Gasteiger partial charge in [0, 0.05) is 0 Å². The maximum atomic E-state index is 4.55. The second-order valence-electron chi connectivity index (χ2n) is 0.449. The summed E-state index contributed by atoms with van der Waals surface area (Å²) in [5.41, 5.74) is 0. The molecule has 0 aromatic rings. The molecular weight excluding hydrogens is 155 g/mol. The Kier molecular flexibility index (Phi) is 4.86. The van der Waals surface area contributed by atoms with Crippen molar-refractivity contribution in [3.05, 3.63) is 6.92 Å². The molecule has 0 aromatic carbocycles. The Labute approximate surface area is 41.5 Å². The van der Waals surface area contributed by atoms with E-state index in [1.165, 1.54) is 4.80 Å². The van der Waals surface area contributed by atoms with Crippen LogP contribution in [0.1, 0.15) is 0 Å². The molecule has 0 amide bonds. The van der Waals surface area contributed by atoms with Crippen LogP contribution in [0.25, 0.3) is 0 Å². The van der Waals surface area contributed by atoms with Gasteiger partial charge in [0.1, 0.15) is 0 Å². The molecule has 33 valence electrons. The SMILES string of the molecule is [CH2-]CO[CH]=[Rh]. The molecule has 5 heavy (non-hydrogen) atoms. The monoisotopic (exact) mass is 160 g/mol. The molecule has 0 aliphatic carbocycles. The van der Waals surface area contributed by atoms with E-state index in [0.717, 1.165) is 0 Å². The zero-order chi connectivity index (χ0) is 4.12. The van der Waals surface area contributed by atoms with Crippen molar-refractivity contribution in [3.63, 3.8) is 0 Å². The minimum absolute atomic E-state index is 0.511. The van der Waals surface area contributed by atoms with Crippen molar-refractivity contribution in [2.24, 2.45) is 0 Å². The van der Waals surface area contributed by atoms with Crippen LogP contribution < -0.4 is 0 Å². The van der Waals surface area contributed by atoms with Gasteiger partial charge in [0.15, 0.2) is 0 Å². The Morgan fingerprint density at radius 3 is 2.60 bits per heavy atom. The van der Waals surface area contributed by atoms with Gasteiger partial charge in [-0.15, -0.1) is 0 Å². The van der Waals surface area contributed by atoms with E-state index < -0.39 is 0 Å². The fraction of sp³-hybridized carbons (Fsp3) is 0.333. The summed E-state index contributed by atoms with van der Waals surface area (Å²) in [7, 11) is 0. The molecule has 2 heteroatoms. The molecule has 0 fully saturated rings. The maximum absolute atomic E-state index is 4.55. The molecule has 0 aromatic heterocycles. The number of hydrogen-bond donors (Lipinski definition) is 0. The Hall–Kier alpha value is 0.453. The predicted octanol–water partition coefficient (Wildman–Crippen LogP) is 0.144. The van der Waals surface area contributed by atoms with Gasteiger partial charge in [0.25, 0.3) is 0 Å². The zero-order valence-corrected chi connectivity index (χ0v) is 4.37. The van der Waals surface area contributed by atoms with E-state index in [9.17, 15) is 0 Å². The second kappa shape index (κ2) is 4.45. The molecule has 0 N–H and O–H groups in total. The summed E-state index contributed by atoms with van der Waals surface area (Å²) >= 11 is 2.47. The second-order valence-corrected chi connectivity index (χ2v) is 0.836. The zero-order valence-electron chi connectivity index (χ0n) is 2.73. The molecule has 0 heterocycles. The van der Waals surface area contributed by atoms with Crippen molar-refractivity contribution in [2.45, 2.75) is 0 Å². The van der Waals surface area contributed by atoms with Crippen LogP contribution in [-0.2, 0) is 22.6 Å². The predicted molar refractivity (Wildman–Crippen MR) is 17.4 cm³/mol. The Bertz CT molecular complexity index is 28.1. The van der Waals surface area contributed by atoms with Crippen molar-refractivity contribution in [3.8, 4) is 0 Å². The molecule has 0 unspecified atom stereocenters. The molecule has 0 rings (SSSR count). The van der Waals surface area contributed by atoms with E-state index in [0.29, 0.717) is 6.61 Å². The molecule has 1 nitrogen and oxygen atoms in total. The fourth-order valence-electron chi connectivity index (χ4n) is 0.0393. The standard InChI is InChI=1S/C3H5O.Rh/c1-3-4-2;/h2H,1,3H2;/q-1;. The van der Waals surface area contributed by atoms with Crippen molar-refractivity contribution in [1.29, 1.82) is 0 Å². The summed E-state index contributed by atoms with van der Waals surface area (Å²) in [6.07, 6.45) is 0. The van der Waals surface area contributed by atoms with Crippen LogP contribution in [0.3, 0.4) is 0 Å². The third-order valence-corrected chi connectivity index (χ3v) is 0.447. The van der Waals surface area contributed by atoms with Crippen molar-refractivity contribution < 1.29 is 22.6 Å². The van der Waals surface area contributed by atoms with Crippen LogP contribution in [0, 0.1) is 6.92 Å². The quantitative estimate of drug-likeness (QED) is 0.412. The first-order valence-electron chi connectivity index (χ1n) is 1.22. The molecule has 0 atom stereocenters. The topological polar surface area (TPSA) is 9.23 Å². The molecule has 0 radical (unpaired) electrons. The average Bonchev–Trinajstić information content (AvgIpc) is 1.41. The first kappa shape index (κ1) is 5.45. The van der Waals surface area contributed by atoms with Crippen LogP contribution in [0.4, 0.5) is 0 Å². The first-order chi connectivity index (χ1) is 2.41. The molecule has 0 saturated heterocycles. The van der Waals surface area contributed by atoms with E-state index in [1.54, 1.807) is 0 Å². The van der Waals surface area contributed by atoms with E-state index >= 15 is 0 Å². The minimum atomic E-state index is 0.511. The van der Waals surface area contributed by atoms with Crippen LogP contribution in [0.5, 0.6) is 0 Å². The van der Waals surface area contributed by atoms with Crippen LogP contribution in [0.2, 0.25) is 0 Å². The van der Waals surface area contributed by atoms with Gasteiger partial charge < -0.3 is 0 Å². The van der Waals surface area contributed by atoms with Gasteiger partial charge in [0.05, 0.1) is 0 Å². The van der Waals surface area contributed by atoms with Crippen LogP contribution >= 0.6 is 0 Å². The van der Waals surface area contributed by atoms with E-state index in [4.69, 9.17) is 0 Å². The Morgan fingerprint density at radius 1 is 2.00 bits per heavy atom. The Balaban J connectivity index is 2.40. The first-order valence-corrected chi connectivity index (χ1v) is 2.16. The third kappa shape index (κ3) is 4.45. The molecule has 0 spiro atoms. The molecule has 0 aliphatic rings. The van der Waals surface area contributed by atoms with Crippen molar-refractivity contribution in [1.82, 2.24) is 0 Å². The van der Waals surface area contributed by atoms with E-state index in [1.807, 2.05) is 0 Å². The molecule has 0 aliphatic heterocycles. The molecule has 0 saturated carbocycles. The van der Waals surface area contributed by atoms with Gasteiger partial charge in [-0.05, 0) is 0 Å². The van der Waals surface area contributed by atoms with Gasteiger partial charge in [-0.25, -0.2) is 0 Å². The van der Waals surface area contributed by atoms with E-state index in [2.05, 4.69) is 29.5 Å². The third-order valence-electron chi connectivity index (χ3n) is 0.173. The normalized spacial score (nSPS) is 7.60. The van der Waals surface area contributed by atoms with Crippen molar-refractivity contribution >= 4 is 4.80 Å². The van der Waals surface area contributed by atoms with Gasteiger partial charge in [-0.1, -0.05) is 0 Å². The van der Waals surface area contributed by atoms with Gasteiger partial charge in [-0.2, -0.15) is 0 Å². The van der Waals surface area contributed by atoms with Gasteiger partial charge >= 0.3 is 40.9 Å². The summed E-state index contributed by atoms with van der Waals surface area (Å²) in [4.78, 5) is 1.51. The molecule has 0 bridgehead atoms. The van der Waals surface area contributed by atoms with Crippen LogP contribution in [-0.4, -0.2) is 11.4 Å². The van der Waals surface area contributed by atoms with E-state index in [-0.39, 0.29) is 0 Å². The summed E-state index contributed by atoms with van der Waals surface area (Å²) in [6.45, 7) is 3.92. The van der Waals surface area contributed by atoms with Gasteiger partial charge in [0.2, 0.25) is 0 Å². The number of ether oxygens (including phenoxy) is 1. The Morgan fingerprint density at radius 2 is 2.60 bits per heavy atom. The number of hydrogen-bond acceptors (Lipinski definition) is 1. The summed E-state index contributed by atoms with van der Waals surface area (Å²) in [5.74, 6) is 0. The number of rotatable bonds is 2. The summed E-state index contributed by atoms with van der Waals surface area (Å²) in [6, 6.07) is 0.